The van der Waals surface area contributed by atoms with Crippen LogP contribution in [-0.4, -0.2) is 16.1 Å². The van der Waals surface area contributed by atoms with Crippen LogP contribution < -0.4 is 27.4 Å². The summed E-state index contributed by atoms with van der Waals surface area (Å²) in [5.74, 6) is -0.0963. The first kappa shape index (κ1) is 19.5. The van der Waals surface area contributed by atoms with Gasteiger partial charge in [-0.3, -0.25) is 10.2 Å². The molecule has 0 unspecified atom stereocenters. The molecule has 0 fully saturated rings. The molecule has 28 heavy (non-hydrogen) atoms. The van der Waals surface area contributed by atoms with Gasteiger partial charge in [-0.15, -0.1) is 5.53 Å². The van der Waals surface area contributed by atoms with Crippen molar-refractivity contribution < 1.29 is 9.21 Å². The van der Waals surface area contributed by atoms with Crippen molar-refractivity contribution in [2.75, 3.05) is 16.2 Å². The molecule has 8 nitrogen and oxygen atoms in total. The van der Waals surface area contributed by atoms with Crippen LogP contribution in [0.25, 0.3) is 0 Å². The van der Waals surface area contributed by atoms with Crippen LogP contribution in [0.5, 0.6) is 0 Å². The number of hydrogen-bond acceptors (Lipinski definition) is 6. The van der Waals surface area contributed by atoms with Gasteiger partial charge in [0.05, 0.1) is 17.6 Å². The topological polar surface area (TPSA) is 108 Å². The molecule has 1 amide bonds. The number of anilines is 3. The van der Waals surface area contributed by atoms with Gasteiger partial charge in [0.25, 0.3) is 5.91 Å². The van der Waals surface area contributed by atoms with Crippen molar-refractivity contribution in [1.29, 1.82) is 0 Å². The average Bonchev–Trinajstić information content (AvgIpc) is 3.21. The standard InChI is InChI=1S/C18H17ClN6O2S/c19-12-3-1-4-15(11-12)22-24-25(18(20)28)23-14-8-6-13(7-9-14)21-17(26)16-5-2-10-27-16/h1-11,22-24H,(H2,20,28)(H,21,26). The molecule has 0 aliphatic carbocycles. The fraction of sp³-hybridized carbons (Fsp3) is 0. The fourth-order valence-corrected chi connectivity index (χ4v) is 2.46. The largest absolute Gasteiger partial charge is 0.459 e. The SMILES string of the molecule is NC(=S)N(NNc1cccc(Cl)c1)Nc1ccc(NC(=O)c2ccco2)cc1. The van der Waals surface area contributed by atoms with Crippen molar-refractivity contribution >= 4 is 51.9 Å². The summed E-state index contributed by atoms with van der Waals surface area (Å²) in [5, 5.41) is 4.71. The highest BCUT2D eigenvalue weighted by molar-refractivity contribution is 7.80. The second kappa shape index (κ2) is 9.09. The van der Waals surface area contributed by atoms with Gasteiger partial charge < -0.3 is 20.9 Å². The predicted molar refractivity (Wildman–Crippen MR) is 114 cm³/mol. The van der Waals surface area contributed by atoms with E-state index in [1.54, 1.807) is 54.6 Å². The maximum absolute atomic E-state index is 12.0. The van der Waals surface area contributed by atoms with Gasteiger partial charge >= 0.3 is 0 Å². The number of nitrogens with one attached hydrogen (secondary N) is 4. The van der Waals surface area contributed by atoms with Gasteiger partial charge in [0.1, 0.15) is 0 Å². The molecule has 10 heteroatoms. The Morgan fingerprint density at radius 1 is 1.04 bits per heavy atom. The number of hydrogen-bond donors (Lipinski definition) is 5. The average molecular weight is 417 g/mol. The fourth-order valence-electron chi connectivity index (χ4n) is 2.18. The van der Waals surface area contributed by atoms with E-state index in [0.717, 1.165) is 5.69 Å². The van der Waals surface area contributed by atoms with Crippen LogP contribution in [0.1, 0.15) is 10.6 Å². The van der Waals surface area contributed by atoms with E-state index >= 15 is 0 Å². The molecule has 1 heterocycles. The number of halogens is 1. The Hall–Kier alpha value is -3.27. The highest BCUT2D eigenvalue weighted by Gasteiger charge is 2.09. The Labute approximate surface area is 171 Å². The Bertz CT molecular complexity index is 949. The smallest absolute Gasteiger partial charge is 0.291 e. The van der Waals surface area contributed by atoms with Crippen LogP contribution in [0.3, 0.4) is 0 Å². The van der Waals surface area contributed by atoms with E-state index < -0.39 is 0 Å². The molecule has 2 aromatic carbocycles. The number of nitrogens with zero attached hydrogens (tertiary/aromatic N) is 1. The van der Waals surface area contributed by atoms with E-state index in [4.69, 9.17) is 34.0 Å². The Balaban J connectivity index is 1.58. The number of nitrogens with two attached hydrogens (primary N) is 1. The number of benzene rings is 2. The maximum Gasteiger partial charge on any atom is 0.291 e. The zero-order chi connectivity index (χ0) is 19.9. The molecule has 0 spiro atoms. The molecule has 0 saturated heterocycles. The first-order valence-corrected chi connectivity index (χ1v) is 8.88. The molecule has 0 atom stereocenters. The summed E-state index contributed by atoms with van der Waals surface area (Å²) < 4.78 is 5.06. The van der Waals surface area contributed by atoms with E-state index in [2.05, 4.69) is 21.7 Å². The van der Waals surface area contributed by atoms with Crippen LogP contribution in [0.15, 0.2) is 71.3 Å². The number of hydrazine groups is 3. The van der Waals surface area contributed by atoms with Gasteiger partial charge in [-0.05, 0) is 66.8 Å². The molecule has 1 aromatic heterocycles. The summed E-state index contributed by atoms with van der Waals surface area (Å²) in [6.45, 7) is 0. The van der Waals surface area contributed by atoms with Crippen molar-refractivity contribution in [1.82, 2.24) is 10.7 Å². The molecule has 3 aromatic rings. The van der Waals surface area contributed by atoms with E-state index in [1.165, 1.54) is 11.4 Å². The Morgan fingerprint density at radius 3 is 2.43 bits per heavy atom. The molecule has 0 saturated carbocycles. The summed E-state index contributed by atoms with van der Waals surface area (Å²) in [7, 11) is 0. The van der Waals surface area contributed by atoms with E-state index in [9.17, 15) is 4.79 Å². The lowest BCUT2D eigenvalue weighted by atomic mass is 10.3. The van der Waals surface area contributed by atoms with Gasteiger partial charge in [-0.25, -0.2) is 0 Å². The lowest BCUT2D eigenvalue weighted by molar-refractivity contribution is 0.0996. The second-order valence-corrected chi connectivity index (χ2v) is 6.40. The molecule has 6 N–H and O–H groups in total. The summed E-state index contributed by atoms with van der Waals surface area (Å²) in [6.07, 6.45) is 1.44. The Kier molecular flexibility index (Phi) is 6.33. The van der Waals surface area contributed by atoms with Crippen LogP contribution in [0, 0.1) is 0 Å². The van der Waals surface area contributed by atoms with Crippen molar-refractivity contribution in [3.8, 4) is 0 Å². The normalized spacial score (nSPS) is 10.2. The number of rotatable bonds is 7. The van der Waals surface area contributed by atoms with Crippen molar-refractivity contribution in [2.24, 2.45) is 5.73 Å². The monoisotopic (exact) mass is 416 g/mol. The molecular formula is C18H17ClN6O2S. The van der Waals surface area contributed by atoms with Crippen LogP contribution in [0.2, 0.25) is 5.02 Å². The van der Waals surface area contributed by atoms with Crippen LogP contribution in [-0.2, 0) is 0 Å². The molecule has 0 aliphatic rings. The first-order valence-electron chi connectivity index (χ1n) is 8.09. The van der Waals surface area contributed by atoms with Gasteiger partial charge in [0.2, 0.25) is 5.11 Å². The maximum atomic E-state index is 12.0. The molecule has 0 aliphatic heterocycles. The van der Waals surface area contributed by atoms with Crippen LogP contribution in [0.4, 0.5) is 17.1 Å². The predicted octanol–water partition coefficient (Wildman–Crippen LogP) is 3.59. The minimum atomic E-state index is -0.331. The summed E-state index contributed by atoms with van der Waals surface area (Å²) >= 11 is 11.0. The summed E-state index contributed by atoms with van der Waals surface area (Å²) in [6, 6.07) is 17.3. The zero-order valence-corrected chi connectivity index (χ0v) is 16.1. The van der Waals surface area contributed by atoms with Gasteiger partial charge in [-0.2, -0.15) is 5.12 Å². The molecular weight excluding hydrogens is 400 g/mol. The van der Waals surface area contributed by atoms with Gasteiger partial charge in [-0.1, -0.05) is 17.7 Å². The second-order valence-electron chi connectivity index (χ2n) is 5.54. The third-order valence-electron chi connectivity index (χ3n) is 3.49. The number of amides is 1. The Morgan fingerprint density at radius 2 is 1.79 bits per heavy atom. The van der Waals surface area contributed by atoms with Gasteiger partial charge in [0.15, 0.2) is 5.76 Å². The van der Waals surface area contributed by atoms with Gasteiger partial charge in [0, 0.05) is 10.7 Å². The minimum absolute atomic E-state index is 0.0599. The van der Waals surface area contributed by atoms with Crippen molar-refractivity contribution in [3.05, 3.63) is 77.7 Å². The van der Waals surface area contributed by atoms with E-state index in [1.807, 2.05) is 6.07 Å². The minimum Gasteiger partial charge on any atom is -0.459 e. The van der Waals surface area contributed by atoms with E-state index in [0.29, 0.717) is 16.4 Å². The molecule has 0 bridgehead atoms. The molecule has 144 valence electrons. The van der Waals surface area contributed by atoms with Crippen molar-refractivity contribution in [3.63, 3.8) is 0 Å². The molecule has 0 radical (unpaired) electrons. The third kappa shape index (κ3) is 5.36. The highest BCUT2D eigenvalue weighted by atomic mass is 35.5. The lowest BCUT2D eigenvalue weighted by Crippen LogP contribution is -2.51. The van der Waals surface area contributed by atoms with E-state index in [-0.39, 0.29) is 16.8 Å². The number of carbonyl (C=O) groups excluding carboxylic acids is 1. The van der Waals surface area contributed by atoms with Crippen molar-refractivity contribution in [2.45, 2.75) is 0 Å². The summed E-state index contributed by atoms with van der Waals surface area (Å²) in [5.41, 5.74) is 16.5. The zero-order valence-electron chi connectivity index (χ0n) is 14.5. The lowest BCUT2D eigenvalue weighted by Gasteiger charge is -2.25. The van der Waals surface area contributed by atoms with Crippen LogP contribution >= 0.6 is 23.8 Å². The number of thiocarbonyl (C=S) groups is 1. The number of furan rings is 1. The molecule has 3 rings (SSSR count). The quantitative estimate of drug-likeness (QED) is 0.294. The highest BCUT2D eigenvalue weighted by Crippen LogP contribution is 2.16. The number of carbonyl (C=O) groups is 1. The third-order valence-corrected chi connectivity index (χ3v) is 3.90. The first-order chi connectivity index (χ1) is 13.5. The summed E-state index contributed by atoms with van der Waals surface area (Å²) in [4.78, 5) is 12.0.